The molecule has 0 radical (unpaired) electrons. The molecule has 4 N–H and O–H groups in total. The molecule has 0 amide bonds. The average molecular weight is 338 g/mol. The maximum Gasteiger partial charge on any atom is 0.0686 e. The Balaban J connectivity index is 0.00000144. The van der Waals surface area contributed by atoms with E-state index >= 15 is 0 Å². The zero-order chi connectivity index (χ0) is 15.6. The van der Waals surface area contributed by atoms with E-state index in [4.69, 9.17) is 0 Å². The van der Waals surface area contributed by atoms with Gasteiger partial charge in [0.05, 0.1) is 11.5 Å². The van der Waals surface area contributed by atoms with Crippen LogP contribution >= 0.6 is 0 Å². The van der Waals surface area contributed by atoms with Gasteiger partial charge in [0, 0.05) is 0 Å². The number of rotatable bonds is 2. The first-order chi connectivity index (χ1) is 10.6. The Morgan fingerprint density at radius 1 is 0.667 bits per heavy atom. The minimum atomic E-state index is -0.00745. The van der Waals surface area contributed by atoms with Gasteiger partial charge in [0.15, 0.2) is 0 Å². The summed E-state index contributed by atoms with van der Waals surface area (Å²) in [5.74, 6) is 5.03. The smallest absolute Gasteiger partial charge is 0.0686 e. The molecule has 3 aliphatic carbocycles. The molecular formula is C21H39NO2. The highest BCUT2D eigenvalue weighted by Crippen LogP contribution is 2.47. The van der Waals surface area contributed by atoms with Crippen molar-refractivity contribution in [1.29, 1.82) is 5.26 Å². The average Bonchev–Trinajstić information content (AvgIpc) is 2.57. The van der Waals surface area contributed by atoms with Crippen LogP contribution < -0.4 is 0 Å². The second-order valence-electron chi connectivity index (χ2n) is 9.20. The lowest BCUT2D eigenvalue weighted by atomic mass is 9.63. The van der Waals surface area contributed by atoms with Gasteiger partial charge in [0.2, 0.25) is 0 Å². The predicted molar refractivity (Wildman–Crippen MR) is 99.5 cm³/mol. The van der Waals surface area contributed by atoms with Crippen LogP contribution in [0.1, 0.15) is 90.9 Å². The Morgan fingerprint density at radius 3 is 1.38 bits per heavy atom. The summed E-state index contributed by atoms with van der Waals surface area (Å²) < 4.78 is 0. The summed E-state index contributed by atoms with van der Waals surface area (Å²) in [7, 11) is 0. The second kappa shape index (κ2) is 9.20. The zero-order valence-corrected chi connectivity index (χ0v) is 15.8. The topological polar surface area (TPSA) is 86.8 Å². The van der Waals surface area contributed by atoms with E-state index in [9.17, 15) is 5.26 Å². The van der Waals surface area contributed by atoms with Crippen LogP contribution in [-0.4, -0.2) is 11.0 Å². The maximum atomic E-state index is 9.29. The van der Waals surface area contributed by atoms with E-state index in [1.54, 1.807) is 0 Å². The molecule has 3 heteroatoms. The Hall–Kier alpha value is -0.590. The largest absolute Gasteiger partial charge is 0.412 e. The van der Waals surface area contributed by atoms with Crippen LogP contribution in [0.4, 0.5) is 0 Å². The quantitative estimate of drug-likeness (QED) is 0.719. The third-order valence-electron chi connectivity index (χ3n) is 7.61. The number of nitriles is 1. The summed E-state index contributed by atoms with van der Waals surface area (Å²) in [6.45, 7) is 4.61. The van der Waals surface area contributed by atoms with E-state index in [1.807, 2.05) is 0 Å². The van der Waals surface area contributed by atoms with Gasteiger partial charge >= 0.3 is 0 Å². The number of hydrogen-bond donors (Lipinski definition) is 0. The van der Waals surface area contributed by atoms with Crippen molar-refractivity contribution in [3.63, 3.8) is 0 Å². The van der Waals surface area contributed by atoms with E-state index in [1.165, 1.54) is 64.2 Å². The zero-order valence-electron chi connectivity index (χ0n) is 15.8. The normalized spacial score (nSPS) is 43.0. The van der Waals surface area contributed by atoms with Crippen molar-refractivity contribution in [2.24, 2.45) is 35.0 Å². The highest BCUT2D eigenvalue weighted by molar-refractivity contribution is 4.99. The molecule has 3 rings (SSSR count). The molecule has 0 atom stereocenters. The van der Waals surface area contributed by atoms with Gasteiger partial charge in [0.25, 0.3) is 0 Å². The van der Waals surface area contributed by atoms with E-state index < -0.39 is 0 Å². The third kappa shape index (κ3) is 4.96. The summed E-state index contributed by atoms with van der Waals surface area (Å²) in [6.07, 6.45) is 16.9. The fraction of sp³-hybridized carbons (Fsp3) is 0.952. The molecule has 0 bridgehead atoms. The van der Waals surface area contributed by atoms with Crippen LogP contribution in [0.15, 0.2) is 0 Å². The summed E-state index contributed by atoms with van der Waals surface area (Å²) in [5.41, 5.74) is -0.00745. The highest BCUT2D eigenvalue weighted by Gasteiger charge is 2.37. The van der Waals surface area contributed by atoms with E-state index in [0.29, 0.717) is 0 Å². The molecule has 3 fully saturated rings. The molecular weight excluding hydrogens is 298 g/mol. The molecule has 0 saturated heterocycles. The van der Waals surface area contributed by atoms with Gasteiger partial charge < -0.3 is 11.0 Å². The fourth-order valence-electron chi connectivity index (χ4n) is 5.71. The van der Waals surface area contributed by atoms with Crippen LogP contribution in [0, 0.1) is 46.3 Å². The van der Waals surface area contributed by atoms with Crippen molar-refractivity contribution in [2.45, 2.75) is 90.9 Å². The molecule has 140 valence electrons. The summed E-state index contributed by atoms with van der Waals surface area (Å²) in [4.78, 5) is 0. The molecule has 0 aromatic heterocycles. The van der Waals surface area contributed by atoms with Crippen LogP contribution in [0.25, 0.3) is 0 Å². The van der Waals surface area contributed by atoms with Gasteiger partial charge in [0.1, 0.15) is 0 Å². The minimum absolute atomic E-state index is 0. The van der Waals surface area contributed by atoms with Crippen molar-refractivity contribution >= 4 is 0 Å². The molecule has 3 aliphatic rings. The molecule has 0 spiro atoms. The van der Waals surface area contributed by atoms with E-state index in [-0.39, 0.29) is 16.4 Å². The first kappa shape index (κ1) is 21.5. The van der Waals surface area contributed by atoms with Crippen molar-refractivity contribution < 1.29 is 11.0 Å². The van der Waals surface area contributed by atoms with Crippen LogP contribution in [0.2, 0.25) is 0 Å². The van der Waals surface area contributed by atoms with Gasteiger partial charge in [-0.05, 0) is 101 Å². The van der Waals surface area contributed by atoms with Gasteiger partial charge in [-0.1, -0.05) is 19.8 Å². The Kier molecular flexibility index (Phi) is 8.23. The van der Waals surface area contributed by atoms with E-state index in [0.717, 1.165) is 42.4 Å². The SMILES string of the molecule is CC1CCC(C2CCC(C3CCC(C)(C#N)CC3)CC2)CC1.O.O. The van der Waals surface area contributed by atoms with E-state index in [2.05, 4.69) is 19.9 Å². The lowest BCUT2D eigenvalue weighted by Crippen LogP contribution is -2.31. The summed E-state index contributed by atoms with van der Waals surface area (Å²) in [5, 5.41) is 9.29. The Morgan fingerprint density at radius 2 is 1.00 bits per heavy atom. The van der Waals surface area contributed by atoms with Gasteiger partial charge in [-0.15, -0.1) is 0 Å². The monoisotopic (exact) mass is 337 g/mol. The number of nitrogens with zero attached hydrogens (tertiary/aromatic N) is 1. The third-order valence-corrected chi connectivity index (χ3v) is 7.61. The molecule has 3 saturated carbocycles. The standard InChI is InChI=1S/C21H35N.2H2O/c1-16-3-5-17(6-4-16)18-7-9-19(10-8-18)20-11-13-21(2,15-22)14-12-20;;/h16-20H,3-14H2,1-2H3;2*1H2. The van der Waals surface area contributed by atoms with Crippen molar-refractivity contribution in [3.05, 3.63) is 0 Å². The number of hydrogen-bond acceptors (Lipinski definition) is 1. The van der Waals surface area contributed by atoms with Gasteiger partial charge in [-0.3, -0.25) is 0 Å². The maximum absolute atomic E-state index is 9.29. The molecule has 24 heavy (non-hydrogen) atoms. The lowest BCUT2D eigenvalue weighted by molar-refractivity contribution is 0.0986. The van der Waals surface area contributed by atoms with Crippen molar-refractivity contribution in [3.8, 4) is 6.07 Å². The second-order valence-corrected chi connectivity index (χ2v) is 9.20. The first-order valence-electron chi connectivity index (χ1n) is 10.0. The Labute approximate surface area is 148 Å². The molecule has 3 nitrogen and oxygen atoms in total. The first-order valence-corrected chi connectivity index (χ1v) is 10.0. The van der Waals surface area contributed by atoms with Crippen molar-refractivity contribution in [1.82, 2.24) is 0 Å². The molecule has 0 aliphatic heterocycles. The van der Waals surface area contributed by atoms with Crippen molar-refractivity contribution in [2.75, 3.05) is 0 Å². The Bertz CT molecular complexity index is 393. The van der Waals surface area contributed by atoms with Gasteiger partial charge in [-0.2, -0.15) is 5.26 Å². The van der Waals surface area contributed by atoms with Gasteiger partial charge in [-0.25, -0.2) is 0 Å². The van der Waals surface area contributed by atoms with Crippen LogP contribution in [-0.2, 0) is 0 Å². The van der Waals surface area contributed by atoms with Crippen LogP contribution in [0.3, 0.4) is 0 Å². The lowest BCUT2D eigenvalue weighted by Gasteiger charge is -2.42. The molecule has 0 aromatic carbocycles. The predicted octanol–water partition coefficient (Wildman–Crippen LogP) is 4.69. The molecule has 0 aromatic rings. The molecule has 0 heterocycles. The molecule has 0 unspecified atom stereocenters. The summed E-state index contributed by atoms with van der Waals surface area (Å²) in [6, 6.07) is 2.56. The fourth-order valence-corrected chi connectivity index (χ4v) is 5.71. The highest BCUT2D eigenvalue weighted by atomic mass is 16.0. The minimum Gasteiger partial charge on any atom is -0.412 e. The summed E-state index contributed by atoms with van der Waals surface area (Å²) >= 11 is 0. The van der Waals surface area contributed by atoms with Crippen LogP contribution in [0.5, 0.6) is 0 Å².